The van der Waals surface area contributed by atoms with E-state index >= 15 is 0 Å². The molecule has 0 atom stereocenters. The molecule has 0 aliphatic rings. The number of amides is 1. The Balaban J connectivity index is 1.90. The Bertz CT molecular complexity index is 818. The maximum Gasteiger partial charge on any atom is 0.259 e. The number of pyridine rings is 1. The van der Waals surface area contributed by atoms with Gasteiger partial charge in [0.1, 0.15) is 5.82 Å². The molecule has 7 heteroatoms. The van der Waals surface area contributed by atoms with Crippen LogP contribution in [0.15, 0.2) is 40.4 Å². The van der Waals surface area contributed by atoms with Crippen LogP contribution in [0.5, 0.6) is 0 Å². The van der Waals surface area contributed by atoms with E-state index in [4.69, 9.17) is 0 Å². The van der Waals surface area contributed by atoms with Crippen LogP contribution in [0.25, 0.3) is 10.2 Å². The first-order valence-electron chi connectivity index (χ1n) is 6.15. The van der Waals surface area contributed by atoms with E-state index in [0.29, 0.717) is 11.4 Å². The lowest BCUT2D eigenvalue weighted by Gasteiger charge is -2.09. The molecule has 2 aromatic heterocycles. The first kappa shape index (κ1) is 14.0. The molecule has 0 spiro atoms. The third kappa shape index (κ3) is 2.88. The fourth-order valence-corrected chi connectivity index (χ4v) is 2.99. The third-order valence-corrected chi connectivity index (χ3v) is 4.15. The summed E-state index contributed by atoms with van der Waals surface area (Å²) in [6, 6.07) is 7.37. The van der Waals surface area contributed by atoms with E-state index in [-0.39, 0.29) is 5.91 Å². The van der Waals surface area contributed by atoms with Crippen LogP contribution < -0.4 is 10.6 Å². The quantitative estimate of drug-likeness (QED) is 0.744. The van der Waals surface area contributed by atoms with Gasteiger partial charge < -0.3 is 10.6 Å². The fourth-order valence-electron chi connectivity index (χ4n) is 1.94. The second kappa shape index (κ2) is 5.79. The topological polar surface area (TPSA) is 66.9 Å². The highest BCUT2D eigenvalue weighted by atomic mass is 79.9. The van der Waals surface area contributed by atoms with Gasteiger partial charge in [0.15, 0.2) is 0 Å². The van der Waals surface area contributed by atoms with Crippen LogP contribution in [0, 0.1) is 0 Å². The highest BCUT2D eigenvalue weighted by Crippen LogP contribution is 2.23. The lowest BCUT2D eigenvalue weighted by Crippen LogP contribution is -2.14. The fraction of sp³-hybridized carbons (Fsp3) is 0.0714. The van der Waals surface area contributed by atoms with Crippen molar-refractivity contribution in [1.82, 2.24) is 9.97 Å². The van der Waals surface area contributed by atoms with Crippen molar-refractivity contribution in [2.24, 2.45) is 0 Å². The van der Waals surface area contributed by atoms with Crippen LogP contribution in [0.1, 0.15) is 10.4 Å². The zero-order chi connectivity index (χ0) is 14.8. The Kier molecular flexibility index (Phi) is 3.85. The first-order valence-corrected chi connectivity index (χ1v) is 7.82. The Labute approximate surface area is 133 Å². The summed E-state index contributed by atoms with van der Waals surface area (Å²) in [5.41, 5.74) is 3.93. The van der Waals surface area contributed by atoms with Crippen molar-refractivity contribution in [2.45, 2.75) is 0 Å². The molecular weight excluding hydrogens is 352 g/mol. The maximum absolute atomic E-state index is 12.4. The molecule has 0 radical (unpaired) electrons. The molecule has 0 aliphatic carbocycles. The minimum Gasteiger partial charge on any atom is -0.372 e. The van der Waals surface area contributed by atoms with Crippen LogP contribution in [0.4, 0.5) is 11.5 Å². The van der Waals surface area contributed by atoms with Gasteiger partial charge in [0.2, 0.25) is 0 Å². The van der Waals surface area contributed by atoms with E-state index < -0.39 is 0 Å². The summed E-state index contributed by atoms with van der Waals surface area (Å²) in [5.74, 6) is 0.326. The zero-order valence-corrected chi connectivity index (χ0v) is 13.5. The molecular formula is C14H11BrN4OS. The molecule has 5 nitrogen and oxygen atoms in total. The predicted molar refractivity (Wildman–Crippen MR) is 89.1 cm³/mol. The molecule has 1 amide bonds. The standard InChI is InChI=1S/C14H11BrN4OS/c1-16-13-10(4-8(15)6-17-13)14(20)19-9-2-3-11-12(5-9)21-7-18-11/h2-7H,1H3,(H,16,17)(H,19,20). The van der Waals surface area contributed by atoms with Gasteiger partial charge in [-0.2, -0.15) is 0 Å². The Morgan fingerprint density at radius 2 is 2.14 bits per heavy atom. The van der Waals surface area contributed by atoms with Crippen molar-refractivity contribution in [1.29, 1.82) is 0 Å². The van der Waals surface area contributed by atoms with Crippen molar-refractivity contribution in [2.75, 3.05) is 17.7 Å². The number of halogens is 1. The number of carbonyl (C=O) groups is 1. The molecule has 2 N–H and O–H groups in total. The number of rotatable bonds is 3. The van der Waals surface area contributed by atoms with Gasteiger partial charge >= 0.3 is 0 Å². The maximum atomic E-state index is 12.4. The molecule has 2 heterocycles. The second-order valence-electron chi connectivity index (χ2n) is 4.29. The van der Waals surface area contributed by atoms with Crippen LogP contribution in [-0.2, 0) is 0 Å². The molecule has 0 unspecified atom stereocenters. The third-order valence-electron chi connectivity index (χ3n) is 2.92. The minimum absolute atomic E-state index is 0.211. The summed E-state index contributed by atoms with van der Waals surface area (Å²) >= 11 is 4.87. The minimum atomic E-state index is -0.211. The monoisotopic (exact) mass is 362 g/mol. The molecule has 0 bridgehead atoms. The summed E-state index contributed by atoms with van der Waals surface area (Å²) in [7, 11) is 1.73. The van der Waals surface area contributed by atoms with Crippen LogP contribution >= 0.6 is 27.3 Å². The van der Waals surface area contributed by atoms with Crippen LogP contribution in [0.2, 0.25) is 0 Å². The zero-order valence-electron chi connectivity index (χ0n) is 11.1. The van der Waals surface area contributed by atoms with E-state index in [1.165, 1.54) is 11.3 Å². The number of nitrogens with zero attached hydrogens (tertiary/aromatic N) is 2. The van der Waals surface area contributed by atoms with E-state index in [1.54, 1.807) is 24.8 Å². The van der Waals surface area contributed by atoms with Crippen molar-refractivity contribution in [3.05, 3.63) is 46.0 Å². The summed E-state index contributed by atoms with van der Waals surface area (Å²) < 4.78 is 1.79. The SMILES string of the molecule is CNc1ncc(Br)cc1C(=O)Nc1ccc2ncsc2c1. The van der Waals surface area contributed by atoms with E-state index in [9.17, 15) is 4.79 Å². The Morgan fingerprint density at radius 1 is 1.29 bits per heavy atom. The number of aromatic nitrogens is 2. The highest BCUT2D eigenvalue weighted by Gasteiger charge is 2.13. The molecule has 0 saturated carbocycles. The highest BCUT2D eigenvalue weighted by molar-refractivity contribution is 9.10. The Hall–Kier alpha value is -1.99. The lowest BCUT2D eigenvalue weighted by atomic mass is 10.2. The molecule has 3 rings (SSSR count). The number of benzene rings is 1. The van der Waals surface area contributed by atoms with Gasteiger partial charge in [-0.15, -0.1) is 11.3 Å². The number of hydrogen-bond acceptors (Lipinski definition) is 5. The largest absolute Gasteiger partial charge is 0.372 e. The smallest absolute Gasteiger partial charge is 0.259 e. The van der Waals surface area contributed by atoms with Crippen LogP contribution in [-0.4, -0.2) is 22.9 Å². The van der Waals surface area contributed by atoms with Gasteiger partial charge in [0.05, 0.1) is 21.3 Å². The molecule has 0 saturated heterocycles. The molecule has 21 heavy (non-hydrogen) atoms. The Morgan fingerprint density at radius 3 is 2.95 bits per heavy atom. The van der Waals surface area contributed by atoms with Crippen LogP contribution in [0.3, 0.4) is 0 Å². The summed E-state index contributed by atoms with van der Waals surface area (Å²) in [4.78, 5) is 20.8. The summed E-state index contributed by atoms with van der Waals surface area (Å²) in [6.07, 6.45) is 1.64. The van der Waals surface area contributed by atoms with Gasteiger partial charge in [0.25, 0.3) is 5.91 Å². The van der Waals surface area contributed by atoms with E-state index in [2.05, 4.69) is 36.5 Å². The second-order valence-corrected chi connectivity index (χ2v) is 6.09. The average Bonchev–Trinajstić information content (AvgIpc) is 2.94. The summed E-state index contributed by atoms with van der Waals surface area (Å²) in [6.45, 7) is 0. The van der Waals surface area contributed by atoms with Crippen molar-refractivity contribution >= 4 is 54.9 Å². The van der Waals surface area contributed by atoms with E-state index in [0.717, 1.165) is 20.4 Å². The molecule has 1 aromatic carbocycles. The lowest BCUT2D eigenvalue weighted by molar-refractivity contribution is 0.102. The van der Waals surface area contributed by atoms with E-state index in [1.807, 2.05) is 18.2 Å². The van der Waals surface area contributed by atoms with Gasteiger partial charge in [0, 0.05) is 23.4 Å². The molecule has 3 aromatic rings. The molecule has 0 fully saturated rings. The number of anilines is 2. The molecule has 0 aliphatic heterocycles. The van der Waals surface area contributed by atoms with Gasteiger partial charge in [-0.1, -0.05) is 0 Å². The van der Waals surface area contributed by atoms with Gasteiger partial charge in [-0.05, 0) is 40.2 Å². The molecule has 106 valence electrons. The average molecular weight is 363 g/mol. The predicted octanol–water partition coefficient (Wildman–Crippen LogP) is 3.75. The first-order chi connectivity index (χ1) is 10.2. The number of hydrogen-bond donors (Lipinski definition) is 2. The number of nitrogens with one attached hydrogen (secondary N) is 2. The van der Waals surface area contributed by atoms with Gasteiger partial charge in [-0.25, -0.2) is 9.97 Å². The number of fused-ring (bicyclic) bond motifs is 1. The number of carbonyl (C=O) groups excluding carboxylic acids is 1. The van der Waals surface area contributed by atoms with Crippen molar-refractivity contribution in [3.8, 4) is 0 Å². The van der Waals surface area contributed by atoms with Crippen molar-refractivity contribution in [3.63, 3.8) is 0 Å². The summed E-state index contributed by atoms with van der Waals surface area (Å²) in [5, 5.41) is 5.80. The normalized spacial score (nSPS) is 10.6. The number of thiazole rings is 1. The van der Waals surface area contributed by atoms with Gasteiger partial charge in [-0.3, -0.25) is 4.79 Å². The van der Waals surface area contributed by atoms with Crippen molar-refractivity contribution < 1.29 is 4.79 Å².